The predicted molar refractivity (Wildman–Crippen MR) is 61.2 cm³/mol. The molecule has 1 aliphatic heterocycles. The van der Waals surface area contributed by atoms with E-state index in [4.69, 9.17) is 4.74 Å². The second-order valence-corrected chi connectivity index (χ2v) is 4.73. The monoisotopic (exact) mass is 320 g/mol. The Balaban J connectivity index is 2.18. The van der Waals surface area contributed by atoms with Crippen LogP contribution in [0.25, 0.3) is 0 Å². The van der Waals surface area contributed by atoms with Crippen LogP contribution in [0.1, 0.15) is 11.6 Å². The number of nitrogens with zero attached hydrogens (tertiary/aromatic N) is 1. The maximum atomic E-state index is 5.39. The fourth-order valence-electron chi connectivity index (χ4n) is 1.41. The Bertz CT molecular complexity index is 327. The molecule has 1 aromatic heterocycles. The minimum atomic E-state index is 0.264. The first kappa shape index (κ1) is 10.5. The molecule has 0 aliphatic carbocycles. The number of nitrogens with one attached hydrogen (secondary N) is 1. The highest BCUT2D eigenvalue weighted by Gasteiger charge is 2.16. The highest BCUT2D eigenvalue weighted by atomic mass is 79.9. The number of ether oxygens (including phenoxy) is 1. The van der Waals surface area contributed by atoms with Crippen LogP contribution in [0.15, 0.2) is 21.3 Å². The zero-order valence-electron chi connectivity index (χ0n) is 7.46. The van der Waals surface area contributed by atoms with Crippen molar-refractivity contribution in [2.24, 2.45) is 0 Å². The van der Waals surface area contributed by atoms with Crippen molar-refractivity contribution >= 4 is 31.9 Å². The summed E-state index contributed by atoms with van der Waals surface area (Å²) in [5.74, 6) is 0. The predicted octanol–water partition coefficient (Wildman–Crippen LogP) is 2.27. The van der Waals surface area contributed by atoms with Gasteiger partial charge in [0.25, 0.3) is 0 Å². The van der Waals surface area contributed by atoms with Gasteiger partial charge in [0.05, 0.1) is 23.7 Å². The molecule has 0 bridgehead atoms. The van der Waals surface area contributed by atoms with Gasteiger partial charge in [0.15, 0.2) is 0 Å². The van der Waals surface area contributed by atoms with Gasteiger partial charge in [0.2, 0.25) is 0 Å². The second-order valence-electron chi connectivity index (χ2n) is 3.12. The standard InChI is InChI=1S/C9H10Br2N2O/c10-7-3-6(4-13-9(7)11)8-5-14-2-1-12-8/h3-4,8,12H,1-2,5H2/t8-/m1/s1. The minimum Gasteiger partial charge on any atom is -0.378 e. The topological polar surface area (TPSA) is 34.1 Å². The van der Waals surface area contributed by atoms with Crippen LogP contribution in [0.4, 0.5) is 0 Å². The minimum absolute atomic E-state index is 0.264. The van der Waals surface area contributed by atoms with Gasteiger partial charge in [-0.15, -0.1) is 0 Å². The Labute approximate surface area is 99.5 Å². The van der Waals surface area contributed by atoms with Crippen molar-refractivity contribution in [2.45, 2.75) is 6.04 Å². The third-order valence-electron chi connectivity index (χ3n) is 2.14. The maximum absolute atomic E-state index is 5.39. The molecule has 3 nitrogen and oxygen atoms in total. The first-order valence-corrected chi connectivity index (χ1v) is 5.98. The van der Waals surface area contributed by atoms with Crippen LogP contribution >= 0.6 is 31.9 Å². The second kappa shape index (κ2) is 4.70. The van der Waals surface area contributed by atoms with E-state index in [1.165, 1.54) is 0 Å². The normalized spacial score (nSPS) is 22.3. The molecule has 1 N–H and O–H groups in total. The zero-order chi connectivity index (χ0) is 9.97. The highest BCUT2D eigenvalue weighted by molar-refractivity contribution is 9.13. The number of rotatable bonds is 1. The summed E-state index contributed by atoms with van der Waals surface area (Å²) in [7, 11) is 0. The molecular weight excluding hydrogens is 312 g/mol. The molecule has 1 aromatic rings. The van der Waals surface area contributed by atoms with Crippen LogP contribution < -0.4 is 5.32 Å². The summed E-state index contributed by atoms with van der Waals surface area (Å²) in [6.45, 7) is 2.41. The van der Waals surface area contributed by atoms with E-state index in [-0.39, 0.29) is 6.04 Å². The molecule has 1 saturated heterocycles. The van der Waals surface area contributed by atoms with E-state index in [2.05, 4.69) is 48.2 Å². The molecule has 1 atom stereocenters. The Kier molecular flexibility index (Phi) is 3.54. The number of hydrogen-bond donors (Lipinski definition) is 1. The quantitative estimate of drug-likeness (QED) is 0.806. The molecule has 2 rings (SSSR count). The largest absolute Gasteiger partial charge is 0.378 e. The van der Waals surface area contributed by atoms with Gasteiger partial charge >= 0.3 is 0 Å². The smallest absolute Gasteiger partial charge is 0.120 e. The Morgan fingerprint density at radius 1 is 1.50 bits per heavy atom. The summed E-state index contributed by atoms with van der Waals surface area (Å²) >= 11 is 6.78. The molecule has 0 saturated carbocycles. The fraction of sp³-hybridized carbons (Fsp3) is 0.444. The van der Waals surface area contributed by atoms with Gasteiger partial charge in [0, 0.05) is 12.7 Å². The van der Waals surface area contributed by atoms with Gasteiger partial charge in [-0.05, 0) is 43.5 Å². The van der Waals surface area contributed by atoms with E-state index in [1.807, 2.05) is 6.20 Å². The number of halogens is 2. The summed E-state index contributed by atoms with van der Waals surface area (Å²) in [5.41, 5.74) is 1.15. The van der Waals surface area contributed by atoms with Crippen LogP contribution in [0.5, 0.6) is 0 Å². The molecule has 1 fully saturated rings. The molecule has 0 amide bonds. The van der Waals surface area contributed by atoms with Gasteiger partial charge in [-0.1, -0.05) is 0 Å². The summed E-state index contributed by atoms with van der Waals surface area (Å²) in [6.07, 6.45) is 1.86. The summed E-state index contributed by atoms with van der Waals surface area (Å²) in [6, 6.07) is 2.32. The molecule has 1 aliphatic rings. The molecule has 2 heterocycles. The third kappa shape index (κ3) is 2.34. The van der Waals surface area contributed by atoms with Crippen LogP contribution in [0.3, 0.4) is 0 Å². The van der Waals surface area contributed by atoms with Gasteiger partial charge in [-0.3, -0.25) is 0 Å². The van der Waals surface area contributed by atoms with Crippen LogP contribution in [0, 0.1) is 0 Å². The Morgan fingerprint density at radius 2 is 2.36 bits per heavy atom. The fourth-order valence-corrected chi connectivity index (χ4v) is 1.99. The molecule has 0 spiro atoms. The van der Waals surface area contributed by atoms with Crippen molar-refractivity contribution in [1.82, 2.24) is 10.3 Å². The lowest BCUT2D eigenvalue weighted by Crippen LogP contribution is -2.34. The van der Waals surface area contributed by atoms with Crippen molar-refractivity contribution < 1.29 is 4.74 Å². The highest BCUT2D eigenvalue weighted by Crippen LogP contribution is 2.24. The Morgan fingerprint density at radius 3 is 3.00 bits per heavy atom. The van der Waals surface area contributed by atoms with Crippen molar-refractivity contribution in [2.75, 3.05) is 19.8 Å². The number of morpholine rings is 1. The van der Waals surface area contributed by atoms with Crippen LogP contribution in [-0.4, -0.2) is 24.7 Å². The number of hydrogen-bond acceptors (Lipinski definition) is 3. The van der Waals surface area contributed by atoms with Crippen molar-refractivity contribution in [3.63, 3.8) is 0 Å². The summed E-state index contributed by atoms with van der Waals surface area (Å²) in [5, 5.41) is 3.38. The molecule has 0 aromatic carbocycles. The van der Waals surface area contributed by atoms with E-state index >= 15 is 0 Å². The molecule has 0 unspecified atom stereocenters. The lowest BCUT2D eigenvalue weighted by Gasteiger charge is -2.24. The van der Waals surface area contributed by atoms with Gasteiger partial charge < -0.3 is 10.1 Å². The summed E-state index contributed by atoms with van der Waals surface area (Å²) in [4.78, 5) is 4.23. The van der Waals surface area contributed by atoms with E-state index < -0.39 is 0 Å². The van der Waals surface area contributed by atoms with Crippen molar-refractivity contribution in [3.8, 4) is 0 Å². The number of pyridine rings is 1. The van der Waals surface area contributed by atoms with E-state index in [0.29, 0.717) is 0 Å². The Hall–Kier alpha value is 0.0300. The van der Waals surface area contributed by atoms with E-state index in [9.17, 15) is 0 Å². The lowest BCUT2D eigenvalue weighted by atomic mass is 10.1. The van der Waals surface area contributed by atoms with E-state index in [1.54, 1.807) is 0 Å². The van der Waals surface area contributed by atoms with Crippen molar-refractivity contribution in [3.05, 3.63) is 26.9 Å². The molecular formula is C9H10Br2N2O. The number of aromatic nitrogens is 1. The first-order valence-electron chi connectivity index (χ1n) is 4.39. The third-order valence-corrected chi connectivity index (χ3v) is 3.91. The van der Waals surface area contributed by atoms with Gasteiger partial charge in [-0.25, -0.2) is 4.98 Å². The average Bonchev–Trinajstić information content (AvgIpc) is 2.23. The molecule has 14 heavy (non-hydrogen) atoms. The molecule has 0 radical (unpaired) electrons. The zero-order valence-corrected chi connectivity index (χ0v) is 10.6. The van der Waals surface area contributed by atoms with Crippen LogP contribution in [-0.2, 0) is 4.74 Å². The molecule has 76 valence electrons. The van der Waals surface area contributed by atoms with E-state index in [0.717, 1.165) is 34.4 Å². The van der Waals surface area contributed by atoms with Crippen molar-refractivity contribution in [1.29, 1.82) is 0 Å². The SMILES string of the molecule is Brc1cc([C@H]2COCCN2)cnc1Br. The maximum Gasteiger partial charge on any atom is 0.120 e. The first-order chi connectivity index (χ1) is 6.77. The average molecular weight is 322 g/mol. The molecule has 5 heteroatoms. The summed E-state index contributed by atoms with van der Waals surface area (Å²) < 4.78 is 7.20. The van der Waals surface area contributed by atoms with Gasteiger partial charge in [0.1, 0.15) is 4.60 Å². The van der Waals surface area contributed by atoms with Gasteiger partial charge in [-0.2, -0.15) is 0 Å². The lowest BCUT2D eigenvalue weighted by molar-refractivity contribution is 0.0767. The van der Waals surface area contributed by atoms with Crippen LogP contribution in [0.2, 0.25) is 0 Å².